The number of esters is 1. The highest BCUT2D eigenvalue weighted by molar-refractivity contribution is 7.14. The molecule has 1 atom stereocenters. The van der Waals surface area contributed by atoms with Crippen LogP contribution in [0, 0.1) is 0 Å². The van der Waals surface area contributed by atoms with Crippen LogP contribution in [-0.2, 0) is 16.0 Å². The monoisotopic (exact) mass is 547 g/mol. The molecular weight excluding hydrogens is 518 g/mol. The van der Waals surface area contributed by atoms with Gasteiger partial charge in [-0.3, -0.25) is 10.1 Å². The van der Waals surface area contributed by atoms with Crippen molar-refractivity contribution in [2.45, 2.75) is 45.1 Å². The molecular formula is C30H30ClN3O3S. The van der Waals surface area contributed by atoms with Crippen LogP contribution in [0.25, 0.3) is 11.3 Å². The van der Waals surface area contributed by atoms with Crippen molar-refractivity contribution in [1.29, 1.82) is 0 Å². The number of rotatable bonds is 11. The average molecular weight is 548 g/mol. The van der Waals surface area contributed by atoms with E-state index >= 15 is 0 Å². The van der Waals surface area contributed by atoms with E-state index in [0.29, 0.717) is 15.7 Å². The zero-order valence-corrected chi connectivity index (χ0v) is 22.7. The Hall–Kier alpha value is -3.68. The second kappa shape index (κ2) is 13.2. The predicted octanol–water partition coefficient (Wildman–Crippen LogP) is 7.71. The fourth-order valence-corrected chi connectivity index (χ4v) is 4.93. The predicted molar refractivity (Wildman–Crippen MR) is 154 cm³/mol. The van der Waals surface area contributed by atoms with Gasteiger partial charge >= 0.3 is 5.97 Å². The maximum atomic E-state index is 13.3. The number of benzene rings is 3. The largest absolute Gasteiger partial charge is 0.444 e. The summed E-state index contributed by atoms with van der Waals surface area (Å²) in [5, 5.41) is 5.51. The van der Waals surface area contributed by atoms with Crippen molar-refractivity contribution in [1.82, 2.24) is 4.98 Å². The van der Waals surface area contributed by atoms with Gasteiger partial charge in [-0.1, -0.05) is 92.4 Å². The first kappa shape index (κ1) is 27.4. The number of hydrogen-bond donors (Lipinski definition) is 2. The van der Waals surface area contributed by atoms with Crippen LogP contribution in [0.3, 0.4) is 0 Å². The number of nitrogen functional groups attached to an aromatic ring is 1. The molecule has 0 bridgehead atoms. The Morgan fingerprint density at radius 3 is 2.50 bits per heavy atom. The van der Waals surface area contributed by atoms with Crippen LogP contribution in [0.2, 0.25) is 5.02 Å². The molecule has 3 aromatic carbocycles. The van der Waals surface area contributed by atoms with E-state index in [1.165, 1.54) is 54.7 Å². The number of nitrogens with one attached hydrogen (secondary N) is 1. The third-order valence-electron chi connectivity index (χ3n) is 6.10. The molecule has 0 saturated heterocycles. The van der Waals surface area contributed by atoms with E-state index in [2.05, 4.69) is 41.5 Å². The molecule has 0 spiro atoms. The lowest BCUT2D eigenvalue weighted by molar-refractivity contribution is -0.125. The minimum Gasteiger partial charge on any atom is -0.444 e. The van der Waals surface area contributed by atoms with Gasteiger partial charge in [0.2, 0.25) is 6.10 Å². The van der Waals surface area contributed by atoms with E-state index < -0.39 is 18.0 Å². The second-order valence-electron chi connectivity index (χ2n) is 8.96. The van der Waals surface area contributed by atoms with Crippen LogP contribution in [-0.4, -0.2) is 16.9 Å². The fourth-order valence-electron chi connectivity index (χ4n) is 4.02. The normalized spacial score (nSPS) is 11.6. The zero-order chi connectivity index (χ0) is 26.9. The van der Waals surface area contributed by atoms with Crippen LogP contribution in [0.5, 0.6) is 0 Å². The molecule has 1 amide bonds. The van der Waals surface area contributed by atoms with Crippen molar-refractivity contribution < 1.29 is 14.3 Å². The summed E-state index contributed by atoms with van der Waals surface area (Å²) in [4.78, 5) is 30.8. The van der Waals surface area contributed by atoms with Gasteiger partial charge in [0, 0.05) is 27.2 Å². The van der Waals surface area contributed by atoms with Gasteiger partial charge in [0.25, 0.3) is 5.91 Å². The number of anilines is 2. The Kier molecular flexibility index (Phi) is 9.51. The molecule has 1 aromatic heterocycles. The molecule has 4 rings (SSSR count). The Bertz CT molecular complexity index is 1370. The summed E-state index contributed by atoms with van der Waals surface area (Å²) in [6.45, 7) is 2.21. The SMILES string of the molecule is CCCCCCc1ccc(-c2csc(NC(=O)C(OC(=O)c3ccc(Cl)cc3N)c3ccccc3)n2)cc1. The maximum absolute atomic E-state index is 13.3. The highest BCUT2D eigenvalue weighted by Gasteiger charge is 2.27. The number of thiazole rings is 1. The number of ether oxygens (including phenoxy) is 1. The quantitative estimate of drug-likeness (QED) is 0.114. The molecule has 196 valence electrons. The molecule has 0 saturated carbocycles. The van der Waals surface area contributed by atoms with Crippen LogP contribution < -0.4 is 11.1 Å². The van der Waals surface area contributed by atoms with Crippen LogP contribution in [0.4, 0.5) is 10.8 Å². The van der Waals surface area contributed by atoms with Gasteiger partial charge in [0.15, 0.2) is 5.13 Å². The number of carbonyl (C=O) groups excluding carboxylic acids is 2. The van der Waals surface area contributed by atoms with E-state index in [1.807, 2.05) is 11.4 Å². The Labute approximate surface area is 231 Å². The summed E-state index contributed by atoms with van der Waals surface area (Å²) in [5.74, 6) is -1.24. The van der Waals surface area contributed by atoms with Crippen LogP contribution in [0.15, 0.2) is 78.2 Å². The lowest BCUT2D eigenvalue weighted by Crippen LogP contribution is -2.26. The van der Waals surface area contributed by atoms with E-state index in [4.69, 9.17) is 22.1 Å². The van der Waals surface area contributed by atoms with Crippen LogP contribution >= 0.6 is 22.9 Å². The number of aryl methyl sites for hydroxylation is 1. The lowest BCUT2D eigenvalue weighted by Gasteiger charge is -2.18. The molecule has 0 fully saturated rings. The van der Waals surface area contributed by atoms with E-state index in [0.717, 1.165) is 17.7 Å². The second-order valence-corrected chi connectivity index (χ2v) is 10.3. The fraction of sp³-hybridized carbons (Fsp3) is 0.233. The van der Waals surface area contributed by atoms with Crippen molar-refractivity contribution >= 4 is 45.6 Å². The van der Waals surface area contributed by atoms with E-state index in [-0.39, 0.29) is 11.3 Å². The Morgan fingerprint density at radius 1 is 1.03 bits per heavy atom. The van der Waals surface area contributed by atoms with Crippen molar-refractivity contribution in [3.63, 3.8) is 0 Å². The number of nitrogens with two attached hydrogens (primary N) is 1. The van der Waals surface area contributed by atoms with Gasteiger partial charge < -0.3 is 10.5 Å². The molecule has 8 heteroatoms. The molecule has 0 aliphatic carbocycles. The summed E-state index contributed by atoms with van der Waals surface area (Å²) in [6.07, 6.45) is 4.81. The van der Waals surface area contributed by atoms with Gasteiger partial charge in [-0.05, 0) is 36.6 Å². The van der Waals surface area contributed by atoms with Gasteiger partial charge in [-0.2, -0.15) is 0 Å². The standard InChI is InChI=1S/C30H30ClN3O3S/c1-2-3-4-6-9-20-12-14-21(15-13-20)26-19-38-30(33-26)34-28(35)27(22-10-7-5-8-11-22)37-29(36)24-17-16-23(31)18-25(24)32/h5,7-8,10-19,27H,2-4,6,9,32H2,1H3,(H,33,34,35). The number of aromatic nitrogens is 1. The Morgan fingerprint density at radius 2 is 1.79 bits per heavy atom. The van der Waals surface area contributed by atoms with Gasteiger partial charge in [0.05, 0.1) is 11.3 Å². The molecule has 6 nitrogen and oxygen atoms in total. The molecule has 0 aliphatic rings. The van der Waals surface area contributed by atoms with E-state index in [1.54, 1.807) is 30.3 Å². The maximum Gasteiger partial charge on any atom is 0.341 e. The smallest absolute Gasteiger partial charge is 0.341 e. The van der Waals surface area contributed by atoms with Crippen molar-refractivity contribution in [2.24, 2.45) is 0 Å². The molecule has 1 heterocycles. The minimum atomic E-state index is -1.20. The Balaban J connectivity index is 1.46. The number of carbonyl (C=O) groups is 2. The number of nitrogens with zero attached hydrogens (tertiary/aromatic N) is 1. The van der Waals surface area contributed by atoms with E-state index in [9.17, 15) is 9.59 Å². The third kappa shape index (κ3) is 7.21. The van der Waals surface area contributed by atoms with Gasteiger partial charge in [-0.15, -0.1) is 11.3 Å². The average Bonchev–Trinajstić information content (AvgIpc) is 3.39. The highest BCUT2D eigenvalue weighted by Crippen LogP contribution is 2.28. The highest BCUT2D eigenvalue weighted by atomic mass is 35.5. The summed E-state index contributed by atoms with van der Waals surface area (Å²) < 4.78 is 5.63. The molecule has 3 N–H and O–H groups in total. The topological polar surface area (TPSA) is 94.3 Å². The van der Waals surface area contributed by atoms with Gasteiger partial charge in [0.1, 0.15) is 0 Å². The first-order chi connectivity index (χ1) is 18.4. The van der Waals surface area contributed by atoms with Crippen molar-refractivity contribution in [2.75, 3.05) is 11.1 Å². The first-order valence-corrected chi connectivity index (χ1v) is 13.9. The molecule has 0 aliphatic heterocycles. The summed E-state index contributed by atoms with van der Waals surface area (Å²) >= 11 is 7.26. The third-order valence-corrected chi connectivity index (χ3v) is 7.09. The molecule has 38 heavy (non-hydrogen) atoms. The summed E-state index contributed by atoms with van der Waals surface area (Å²) in [7, 11) is 0. The zero-order valence-electron chi connectivity index (χ0n) is 21.2. The number of amides is 1. The molecule has 1 unspecified atom stereocenters. The number of unbranched alkanes of at least 4 members (excludes halogenated alkanes) is 3. The van der Waals surface area contributed by atoms with Crippen LogP contribution in [0.1, 0.15) is 60.2 Å². The molecule has 0 radical (unpaired) electrons. The summed E-state index contributed by atoms with van der Waals surface area (Å²) in [6, 6.07) is 21.7. The van der Waals surface area contributed by atoms with Gasteiger partial charge in [-0.25, -0.2) is 9.78 Å². The number of hydrogen-bond acceptors (Lipinski definition) is 6. The minimum absolute atomic E-state index is 0.133. The van der Waals surface area contributed by atoms with Crippen molar-refractivity contribution in [3.8, 4) is 11.3 Å². The lowest BCUT2D eigenvalue weighted by atomic mass is 10.0. The summed E-state index contributed by atoms with van der Waals surface area (Å²) in [5.41, 5.74) is 9.83. The van der Waals surface area contributed by atoms with Crippen molar-refractivity contribution in [3.05, 3.63) is 99.9 Å². The first-order valence-electron chi connectivity index (χ1n) is 12.6. The number of halogens is 1. The molecule has 4 aromatic rings.